The molecule has 6 heteroatoms. The first-order valence-electron chi connectivity index (χ1n) is 14.6. The maximum absolute atomic E-state index is 4.76. The van der Waals surface area contributed by atoms with Crippen LogP contribution in [0.4, 0.5) is 0 Å². The normalized spacial score (nSPS) is 11.4. The molecule has 2 heterocycles. The lowest BCUT2D eigenvalue weighted by Crippen LogP contribution is -2.15. The summed E-state index contributed by atoms with van der Waals surface area (Å²) in [6.07, 6.45) is 12.5. The van der Waals surface area contributed by atoms with Gasteiger partial charge in [-0.25, -0.2) is 9.97 Å². The molecule has 0 aliphatic heterocycles. The van der Waals surface area contributed by atoms with Crippen LogP contribution < -0.4 is 21.2 Å². The average Bonchev–Trinajstić information content (AvgIpc) is 3.72. The predicted molar refractivity (Wildman–Crippen MR) is 181 cm³/mol. The minimum absolute atomic E-state index is 0.399. The van der Waals surface area contributed by atoms with Gasteiger partial charge in [-0.05, 0) is 62.2 Å². The molecule has 0 N–H and O–H groups in total. The molecule has 4 aromatic carbocycles. The van der Waals surface area contributed by atoms with Crippen LogP contribution >= 0.6 is 15.8 Å². The highest BCUT2D eigenvalue weighted by Gasteiger charge is 2.17. The average molecular weight is 587 g/mol. The Morgan fingerprint density at radius 1 is 0.429 bits per heavy atom. The summed E-state index contributed by atoms with van der Waals surface area (Å²) in [6.45, 7) is 1.85. The van der Waals surface area contributed by atoms with Crippen LogP contribution in [-0.4, -0.2) is 31.4 Å². The van der Waals surface area contributed by atoms with Crippen LogP contribution in [0.5, 0.6) is 0 Å². The van der Waals surface area contributed by atoms with Gasteiger partial charge in [0, 0.05) is 37.9 Å². The molecule has 0 saturated carbocycles. The van der Waals surface area contributed by atoms with E-state index in [0.717, 1.165) is 49.9 Å². The van der Waals surface area contributed by atoms with E-state index in [2.05, 4.69) is 143 Å². The van der Waals surface area contributed by atoms with Gasteiger partial charge in [0.25, 0.3) is 0 Å². The predicted octanol–water partition coefficient (Wildman–Crippen LogP) is 6.79. The van der Waals surface area contributed by atoms with Crippen molar-refractivity contribution in [3.63, 3.8) is 0 Å². The van der Waals surface area contributed by atoms with Crippen molar-refractivity contribution in [3.8, 4) is 11.6 Å². The van der Waals surface area contributed by atoms with Crippen LogP contribution in [0.1, 0.15) is 12.8 Å². The first-order chi connectivity index (χ1) is 20.9. The van der Waals surface area contributed by atoms with Crippen LogP contribution in [0.3, 0.4) is 0 Å². The van der Waals surface area contributed by atoms with Crippen molar-refractivity contribution in [2.75, 3.05) is 12.3 Å². The summed E-state index contributed by atoms with van der Waals surface area (Å²) in [5, 5.41) is 5.74. The molecule has 0 radical (unpaired) electrons. The molecule has 0 amide bonds. The number of aryl methyl sites for hydroxylation is 2. The summed E-state index contributed by atoms with van der Waals surface area (Å²) < 4.78 is 4.56. The summed E-state index contributed by atoms with van der Waals surface area (Å²) in [4.78, 5) is 9.52. The smallest absolute Gasteiger partial charge is 0.176 e. The number of aromatic nitrogens is 4. The lowest BCUT2D eigenvalue weighted by molar-refractivity contribution is 0.658. The highest BCUT2D eigenvalue weighted by molar-refractivity contribution is 7.73. The number of rotatable bonds is 13. The van der Waals surface area contributed by atoms with E-state index in [4.69, 9.17) is 9.97 Å². The molecular formula is C36H36N4P2. The van der Waals surface area contributed by atoms with Gasteiger partial charge in [0.2, 0.25) is 0 Å². The van der Waals surface area contributed by atoms with Gasteiger partial charge in [0.1, 0.15) is 0 Å². The standard InChI is InChI=1S/C36H36N4P2/c1-5-15-31(16-6-1)41(32-17-7-2-8-18-32)29-13-25-39-27-23-37-35(39)36-38-24-28-40(36)26-14-30-42(33-19-9-3-10-20-33)34-21-11-4-12-22-34/h1-12,15-24,27-28H,13-14,25-26,29-30H2. The van der Waals surface area contributed by atoms with E-state index in [1.807, 2.05) is 12.4 Å². The van der Waals surface area contributed by atoms with Gasteiger partial charge in [-0.1, -0.05) is 121 Å². The van der Waals surface area contributed by atoms with Crippen molar-refractivity contribution in [2.45, 2.75) is 25.9 Å². The largest absolute Gasteiger partial charge is 0.328 e. The van der Waals surface area contributed by atoms with Crippen molar-refractivity contribution < 1.29 is 0 Å². The zero-order chi connectivity index (χ0) is 28.4. The molecule has 0 unspecified atom stereocenters. The van der Waals surface area contributed by atoms with Crippen molar-refractivity contribution in [2.24, 2.45) is 0 Å². The third kappa shape index (κ3) is 6.96. The van der Waals surface area contributed by atoms with Gasteiger partial charge in [-0.2, -0.15) is 0 Å². The van der Waals surface area contributed by atoms with Crippen LogP contribution in [0.15, 0.2) is 146 Å². The molecule has 42 heavy (non-hydrogen) atoms. The van der Waals surface area contributed by atoms with Gasteiger partial charge in [0.15, 0.2) is 11.6 Å². The SMILES string of the molecule is c1ccc(P(CCCn2ccnc2-c2nccn2CCCP(c2ccccc2)c2ccccc2)c2ccccc2)cc1. The maximum atomic E-state index is 4.76. The fourth-order valence-electron chi connectivity index (χ4n) is 5.44. The van der Waals surface area contributed by atoms with Crippen molar-refractivity contribution in [1.82, 2.24) is 19.1 Å². The van der Waals surface area contributed by atoms with Gasteiger partial charge >= 0.3 is 0 Å². The monoisotopic (exact) mass is 586 g/mol. The van der Waals surface area contributed by atoms with Gasteiger partial charge in [-0.15, -0.1) is 0 Å². The van der Waals surface area contributed by atoms with Crippen LogP contribution in [0.25, 0.3) is 11.6 Å². The lowest BCUT2D eigenvalue weighted by Gasteiger charge is -2.20. The fraction of sp³-hybridized carbons (Fsp3) is 0.167. The van der Waals surface area contributed by atoms with Gasteiger partial charge in [-0.3, -0.25) is 0 Å². The fourth-order valence-corrected chi connectivity index (χ4v) is 10.1. The van der Waals surface area contributed by atoms with E-state index in [0.29, 0.717) is 0 Å². The molecule has 4 nitrogen and oxygen atoms in total. The second-order valence-corrected chi connectivity index (χ2v) is 14.9. The quantitative estimate of drug-likeness (QED) is 0.140. The Hall–Kier alpha value is -3.84. The Morgan fingerprint density at radius 3 is 1.05 bits per heavy atom. The molecule has 0 fully saturated rings. The molecule has 0 atom stereocenters. The number of hydrogen-bond donors (Lipinski definition) is 0. The van der Waals surface area contributed by atoms with E-state index in [1.165, 1.54) is 21.2 Å². The Balaban J connectivity index is 1.12. The van der Waals surface area contributed by atoms with Crippen molar-refractivity contribution in [1.29, 1.82) is 0 Å². The van der Waals surface area contributed by atoms with Gasteiger partial charge < -0.3 is 9.13 Å². The Bertz CT molecular complexity index is 1430. The number of nitrogens with zero attached hydrogens (tertiary/aromatic N) is 4. The summed E-state index contributed by atoms with van der Waals surface area (Å²) in [7, 11) is -0.799. The summed E-state index contributed by atoms with van der Waals surface area (Å²) in [6, 6.07) is 43.9. The first-order valence-corrected chi connectivity index (χ1v) is 17.7. The first kappa shape index (κ1) is 28.3. The number of benzene rings is 4. The zero-order valence-electron chi connectivity index (χ0n) is 23.8. The van der Waals surface area contributed by atoms with E-state index in [1.54, 1.807) is 0 Å². The summed E-state index contributed by atoms with van der Waals surface area (Å²) in [5.41, 5.74) is 0. The molecule has 0 aliphatic carbocycles. The van der Waals surface area contributed by atoms with E-state index < -0.39 is 15.8 Å². The molecule has 0 saturated heterocycles. The second kappa shape index (κ2) is 14.4. The van der Waals surface area contributed by atoms with E-state index in [9.17, 15) is 0 Å². The molecule has 0 aliphatic rings. The summed E-state index contributed by atoms with van der Waals surface area (Å²) in [5.74, 6) is 1.91. The van der Waals surface area contributed by atoms with Crippen molar-refractivity contribution in [3.05, 3.63) is 146 Å². The third-order valence-electron chi connectivity index (χ3n) is 7.46. The van der Waals surface area contributed by atoms with Crippen LogP contribution in [0, 0.1) is 0 Å². The lowest BCUT2D eigenvalue weighted by atomic mass is 10.4. The molecule has 6 rings (SSSR count). The van der Waals surface area contributed by atoms with Gasteiger partial charge in [0.05, 0.1) is 0 Å². The zero-order valence-corrected chi connectivity index (χ0v) is 25.6. The van der Waals surface area contributed by atoms with Crippen LogP contribution in [-0.2, 0) is 13.1 Å². The molecular weight excluding hydrogens is 550 g/mol. The minimum atomic E-state index is -0.399. The molecule has 2 aromatic heterocycles. The molecule has 0 bridgehead atoms. The highest BCUT2D eigenvalue weighted by Crippen LogP contribution is 2.35. The number of imidazole rings is 2. The third-order valence-corrected chi connectivity index (χ3v) is 12.7. The minimum Gasteiger partial charge on any atom is -0.328 e. The Morgan fingerprint density at radius 2 is 0.738 bits per heavy atom. The van der Waals surface area contributed by atoms with E-state index in [-0.39, 0.29) is 0 Å². The molecule has 6 aromatic rings. The Labute approximate surface area is 251 Å². The highest BCUT2D eigenvalue weighted by atomic mass is 31.1. The number of hydrogen-bond acceptors (Lipinski definition) is 2. The Kier molecular flexibility index (Phi) is 9.67. The molecule has 210 valence electrons. The second-order valence-electron chi connectivity index (χ2n) is 10.2. The van der Waals surface area contributed by atoms with Crippen LogP contribution in [0.2, 0.25) is 0 Å². The molecule has 0 spiro atoms. The summed E-state index contributed by atoms with van der Waals surface area (Å²) >= 11 is 0. The maximum Gasteiger partial charge on any atom is 0.176 e. The topological polar surface area (TPSA) is 35.6 Å². The van der Waals surface area contributed by atoms with E-state index >= 15 is 0 Å². The van der Waals surface area contributed by atoms with Crippen molar-refractivity contribution >= 4 is 37.1 Å².